The van der Waals surface area contributed by atoms with Crippen molar-refractivity contribution in [2.75, 3.05) is 11.5 Å². The zero-order valence-electron chi connectivity index (χ0n) is 16.4. The van der Waals surface area contributed by atoms with Gasteiger partial charge < -0.3 is 10.5 Å². The van der Waals surface area contributed by atoms with E-state index in [9.17, 15) is 13.4 Å². The molecule has 0 spiro atoms. The van der Waals surface area contributed by atoms with Crippen molar-refractivity contribution in [1.29, 1.82) is 0 Å². The number of anilines is 1. The van der Waals surface area contributed by atoms with Crippen molar-refractivity contribution in [3.63, 3.8) is 0 Å². The van der Waals surface area contributed by atoms with Crippen molar-refractivity contribution in [3.8, 4) is 0 Å². The summed E-state index contributed by atoms with van der Waals surface area (Å²) in [4.78, 5) is 11.8. The van der Waals surface area contributed by atoms with Crippen molar-refractivity contribution >= 4 is 22.8 Å². The van der Waals surface area contributed by atoms with Crippen LogP contribution in [0.2, 0.25) is 0 Å². The summed E-state index contributed by atoms with van der Waals surface area (Å²) in [5.41, 5.74) is 8.04. The quantitative estimate of drug-likeness (QED) is 0.476. The summed E-state index contributed by atoms with van der Waals surface area (Å²) in [5, 5.41) is 0. The molecule has 0 radical (unpaired) electrons. The fourth-order valence-corrected chi connectivity index (χ4v) is 4.23. The lowest BCUT2D eigenvalue weighted by Crippen LogP contribution is -2.14. The highest BCUT2D eigenvalue weighted by Crippen LogP contribution is 2.22. The maximum Gasteiger partial charge on any atom is 0.124 e. The summed E-state index contributed by atoms with van der Waals surface area (Å²) in [7, 11) is -1.34. The van der Waals surface area contributed by atoms with E-state index in [0.717, 1.165) is 31.1 Å². The molecule has 0 fully saturated rings. The Hall–Kier alpha value is -2.01. The van der Waals surface area contributed by atoms with Crippen LogP contribution in [0.3, 0.4) is 0 Å². The number of aldehydes is 1. The highest BCUT2D eigenvalue weighted by Gasteiger charge is 2.17. The standard InChI is InChI=1S/C20H24FNO2S.C2H6/c1-2-3-5-16(13-23)14-25(24)20-9-8-18(21)12-17(20)10-15-6-4-7-19(22)11-15;1-2/h4,6-9,11-13,16H,2-3,5,10,14,22H2,1H3;1-2H3. The molecule has 0 amide bonds. The van der Waals surface area contributed by atoms with Crippen LogP contribution in [0.4, 0.5) is 10.1 Å². The number of nitrogens with two attached hydrogens (primary N) is 1. The molecular weight excluding hydrogens is 361 g/mol. The zero-order chi connectivity index (χ0) is 20.2. The van der Waals surface area contributed by atoms with Gasteiger partial charge in [0.2, 0.25) is 0 Å². The summed E-state index contributed by atoms with van der Waals surface area (Å²) in [5.74, 6) is -0.317. The van der Waals surface area contributed by atoms with Crippen LogP contribution in [-0.2, 0) is 22.0 Å². The van der Waals surface area contributed by atoms with E-state index in [1.165, 1.54) is 12.1 Å². The Bertz CT molecular complexity index is 749. The van der Waals surface area contributed by atoms with E-state index in [0.29, 0.717) is 22.6 Å². The number of carbonyl (C=O) groups excluding carboxylic acids is 1. The number of nitrogen functional groups attached to an aromatic ring is 1. The molecule has 2 aromatic carbocycles. The molecule has 2 rings (SSSR count). The van der Waals surface area contributed by atoms with Gasteiger partial charge in [-0.3, -0.25) is 4.21 Å². The number of hydrogen-bond donors (Lipinski definition) is 1. The highest BCUT2D eigenvalue weighted by molar-refractivity contribution is 7.85. The van der Waals surface area contributed by atoms with Crippen molar-refractivity contribution in [2.45, 2.75) is 51.3 Å². The summed E-state index contributed by atoms with van der Waals surface area (Å²) in [6, 6.07) is 11.7. The first-order chi connectivity index (χ1) is 13.0. The SMILES string of the molecule is CC.CCCCC(C=O)CS(=O)c1ccc(F)cc1Cc1cccc(N)c1. The molecule has 0 saturated heterocycles. The van der Waals surface area contributed by atoms with Gasteiger partial charge in [-0.1, -0.05) is 45.7 Å². The molecule has 27 heavy (non-hydrogen) atoms. The average molecular weight is 392 g/mol. The number of carbonyl (C=O) groups is 1. The van der Waals surface area contributed by atoms with Gasteiger partial charge >= 0.3 is 0 Å². The van der Waals surface area contributed by atoms with Crippen molar-refractivity contribution in [1.82, 2.24) is 0 Å². The Morgan fingerprint density at radius 3 is 2.56 bits per heavy atom. The van der Waals surface area contributed by atoms with Gasteiger partial charge in [0.15, 0.2) is 0 Å². The minimum absolute atomic E-state index is 0.231. The maximum absolute atomic E-state index is 13.7. The highest BCUT2D eigenvalue weighted by atomic mass is 32.2. The van der Waals surface area contributed by atoms with Gasteiger partial charge in [0, 0.05) is 22.3 Å². The Morgan fingerprint density at radius 1 is 1.19 bits per heavy atom. The second kappa shape index (κ2) is 12.4. The molecule has 5 heteroatoms. The maximum atomic E-state index is 13.7. The normalized spacial score (nSPS) is 12.6. The average Bonchev–Trinajstić information content (AvgIpc) is 2.66. The van der Waals surface area contributed by atoms with Crippen molar-refractivity contribution in [3.05, 3.63) is 59.4 Å². The van der Waals surface area contributed by atoms with Crippen LogP contribution in [0, 0.1) is 11.7 Å². The minimum Gasteiger partial charge on any atom is -0.399 e. The van der Waals surface area contributed by atoms with Crippen LogP contribution < -0.4 is 5.73 Å². The molecule has 0 aliphatic rings. The molecule has 0 aromatic heterocycles. The minimum atomic E-state index is -1.34. The summed E-state index contributed by atoms with van der Waals surface area (Å²) >= 11 is 0. The van der Waals surface area contributed by atoms with E-state index in [4.69, 9.17) is 5.73 Å². The summed E-state index contributed by atoms with van der Waals surface area (Å²) < 4.78 is 26.5. The first kappa shape index (κ1) is 23.0. The Labute approximate surface area is 164 Å². The molecule has 0 aliphatic carbocycles. The second-order valence-electron chi connectivity index (χ2n) is 6.22. The lowest BCUT2D eigenvalue weighted by atomic mass is 10.0. The molecule has 0 heterocycles. The molecule has 0 saturated carbocycles. The topological polar surface area (TPSA) is 60.2 Å². The summed E-state index contributed by atoms with van der Waals surface area (Å²) in [6.07, 6.45) is 3.99. The van der Waals surface area contributed by atoms with Crippen LogP contribution in [-0.4, -0.2) is 16.2 Å². The molecular formula is C22H30FNO2S. The molecule has 2 aromatic rings. The van der Waals surface area contributed by atoms with Crippen molar-refractivity contribution < 1.29 is 13.4 Å². The van der Waals surface area contributed by atoms with Crippen LogP contribution in [0.1, 0.15) is 51.2 Å². The van der Waals surface area contributed by atoms with Gasteiger partial charge in [-0.2, -0.15) is 0 Å². The van der Waals surface area contributed by atoms with Gasteiger partial charge in [-0.25, -0.2) is 4.39 Å². The Balaban J connectivity index is 0.00000176. The third-order valence-electron chi connectivity index (χ3n) is 4.10. The van der Waals surface area contributed by atoms with E-state index < -0.39 is 10.8 Å². The largest absolute Gasteiger partial charge is 0.399 e. The van der Waals surface area contributed by atoms with Crippen LogP contribution in [0.15, 0.2) is 47.4 Å². The fraction of sp³-hybridized carbons (Fsp3) is 0.409. The number of halogens is 1. The molecule has 2 N–H and O–H groups in total. The number of unbranched alkanes of at least 4 members (excludes halogenated alkanes) is 1. The predicted molar refractivity (Wildman–Crippen MR) is 112 cm³/mol. The van der Waals surface area contributed by atoms with E-state index in [1.807, 2.05) is 32.0 Å². The van der Waals surface area contributed by atoms with Gasteiger partial charge in [-0.05, 0) is 54.3 Å². The summed E-state index contributed by atoms with van der Waals surface area (Å²) in [6.45, 7) is 6.06. The smallest absolute Gasteiger partial charge is 0.124 e. The van der Waals surface area contributed by atoms with Crippen molar-refractivity contribution in [2.24, 2.45) is 5.92 Å². The van der Waals surface area contributed by atoms with E-state index in [1.54, 1.807) is 12.1 Å². The predicted octanol–water partition coefficient (Wildman–Crippen LogP) is 5.14. The van der Waals surface area contributed by atoms with E-state index in [2.05, 4.69) is 6.92 Å². The van der Waals surface area contributed by atoms with Crippen LogP contribution in [0.5, 0.6) is 0 Å². The van der Waals surface area contributed by atoms with Crippen LogP contribution >= 0.6 is 0 Å². The molecule has 3 nitrogen and oxygen atoms in total. The number of rotatable bonds is 9. The molecule has 148 valence electrons. The van der Waals surface area contributed by atoms with Crippen LogP contribution in [0.25, 0.3) is 0 Å². The molecule has 0 aliphatic heterocycles. The molecule has 2 atom stereocenters. The second-order valence-corrected chi connectivity index (χ2v) is 7.69. The lowest BCUT2D eigenvalue weighted by molar-refractivity contribution is -0.110. The number of hydrogen-bond acceptors (Lipinski definition) is 3. The first-order valence-corrected chi connectivity index (χ1v) is 10.8. The van der Waals surface area contributed by atoms with E-state index >= 15 is 0 Å². The number of benzene rings is 2. The van der Waals surface area contributed by atoms with Gasteiger partial charge in [0.1, 0.15) is 12.1 Å². The molecule has 2 unspecified atom stereocenters. The fourth-order valence-electron chi connectivity index (χ4n) is 2.77. The van der Waals surface area contributed by atoms with E-state index in [-0.39, 0.29) is 17.5 Å². The first-order valence-electron chi connectivity index (χ1n) is 9.50. The Kier molecular flexibility index (Phi) is 10.6. The third-order valence-corrected chi connectivity index (χ3v) is 5.72. The zero-order valence-corrected chi connectivity index (χ0v) is 17.2. The lowest BCUT2D eigenvalue weighted by Gasteiger charge is -2.13. The molecule has 0 bridgehead atoms. The van der Waals surface area contributed by atoms with Gasteiger partial charge in [-0.15, -0.1) is 0 Å². The monoisotopic (exact) mass is 391 g/mol. The third kappa shape index (κ3) is 7.63. The Morgan fingerprint density at radius 2 is 1.93 bits per heavy atom. The van der Waals surface area contributed by atoms with Gasteiger partial charge in [0.05, 0.1) is 10.8 Å². The van der Waals surface area contributed by atoms with Gasteiger partial charge in [0.25, 0.3) is 0 Å².